The van der Waals surface area contributed by atoms with Crippen molar-refractivity contribution in [2.75, 3.05) is 6.54 Å². The summed E-state index contributed by atoms with van der Waals surface area (Å²) in [6.45, 7) is 1.60. The molecule has 0 aromatic carbocycles. The van der Waals surface area contributed by atoms with Crippen LogP contribution in [0.15, 0.2) is 0 Å². The van der Waals surface area contributed by atoms with Crippen LogP contribution in [0, 0.1) is 0 Å². The molecule has 2 amide bonds. The van der Waals surface area contributed by atoms with Gasteiger partial charge in [-0.3, -0.25) is 4.79 Å². The minimum absolute atomic E-state index is 0.102. The molecule has 3 N–H and O–H groups in total. The molecule has 1 atom stereocenters. The summed E-state index contributed by atoms with van der Waals surface area (Å²) in [5.41, 5.74) is 0. The molecule has 0 rings (SSSR count). The van der Waals surface area contributed by atoms with Crippen molar-refractivity contribution in [3.05, 3.63) is 0 Å². The average Bonchev–Trinajstić information content (AvgIpc) is 2.21. The summed E-state index contributed by atoms with van der Waals surface area (Å²) in [5, 5.41) is 13.2. The number of alkyl halides is 3. The standard InChI is InChI=1S/C10H17F3N2O3/c1-2-7(6-8(16)17)15-9(18)14-5-3-4-10(11,12)13/h7H,2-6H2,1H3,(H,16,17)(H2,14,15,18). The summed E-state index contributed by atoms with van der Waals surface area (Å²) in [4.78, 5) is 21.6. The first-order chi connectivity index (χ1) is 8.24. The number of urea groups is 1. The maximum atomic E-state index is 11.8. The molecule has 0 bridgehead atoms. The predicted octanol–water partition coefficient (Wildman–Crippen LogP) is 1.88. The second-order valence-electron chi connectivity index (χ2n) is 3.82. The summed E-state index contributed by atoms with van der Waals surface area (Å²) in [6.07, 6.45) is -5.17. The number of carbonyl (C=O) groups excluding carboxylic acids is 1. The third-order valence-corrected chi connectivity index (χ3v) is 2.17. The Morgan fingerprint density at radius 1 is 1.33 bits per heavy atom. The molecule has 0 aromatic rings. The van der Waals surface area contributed by atoms with Crippen molar-refractivity contribution in [1.29, 1.82) is 0 Å². The van der Waals surface area contributed by atoms with Crippen LogP contribution in [-0.2, 0) is 4.79 Å². The third-order valence-electron chi connectivity index (χ3n) is 2.17. The lowest BCUT2D eigenvalue weighted by atomic mass is 10.1. The van der Waals surface area contributed by atoms with E-state index in [0.29, 0.717) is 6.42 Å². The van der Waals surface area contributed by atoms with E-state index >= 15 is 0 Å². The van der Waals surface area contributed by atoms with Gasteiger partial charge in [0.05, 0.1) is 6.42 Å². The van der Waals surface area contributed by atoms with Crippen LogP contribution in [0.1, 0.15) is 32.6 Å². The van der Waals surface area contributed by atoms with Gasteiger partial charge in [-0.25, -0.2) is 4.79 Å². The number of hydrogen-bond acceptors (Lipinski definition) is 2. The molecule has 0 aliphatic carbocycles. The summed E-state index contributed by atoms with van der Waals surface area (Å²) in [7, 11) is 0. The van der Waals surface area contributed by atoms with Crippen LogP contribution in [0.5, 0.6) is 0 Å². The number of rotatable bonds is 7. The average molecular weight is 270 g/mol. The van der Waals surface area contributed by atoms with Gasteiger partial charge >= 0.3 is 18.2 Å². The zero-order valence-electron chi connectivity index (χ0n) is 10.0. The molecule has 1 unspecified atom stereocenters. The summed E-state index contributed by atoms with van der Waals surface area (Å²) < 4.78 is 35.4. The number of hydrogen-bond donors (Lipinski definition) is 3. The number of carboxylic acids is 1. The van der Waals surface area contributed by atoms with Crippen LogP contribution < -0.4 is 10.6 Å². The predicted molar refractivity (Wildman–Crippen MR) is 58.2 cm³/mol. The van der Waals surface area contributed by atoms with Crippen molar-refractivity contribution in [3.63, 3.8) is 0 Å². The monoisotopic (exact) mass is 270 g/mol. The van der Waals surface area contributed by atoms with Gasteiger partial charge in [0.15, 0.2) is 0 Å². The molecule has 0 heterocycles. The first kappa shape index (κ1) is 16.5. The number of amides is 2. The zero-order chi connectivity index (χ0) is 14.2. The molecular weight excluding hydrogens is 253 g/mol. The molecular formula is C10H17F3N2O3. The van der Waals surface area contributed by atoms with Gasteiger partial charge in [-0.2, -0.15) is 13.2 Å². The van der Waals surface area contributed by atoms with Crippen LogP contribution in [0.3, 0.4) is 0 Å². The van der Waals surface area contributed by atoms with Crippen LogP contribution in [0.4, 0.5) is 18.0 Å². The first-order valence-electron chi connectivity index (χ1n) is 5.57. The van der Waals surface area contributed by atoms with E-state index in [2.05, 4.69) is 10.6 Å². The van der Waals surface area contributed by atoms with E-state index in [1.54, 1.807) is 6.92 Å². The van der Waals surface area contributed by atoms with Gasteiger partial charge in [0.25, 0.3) is 0 Å². The molecule has 0 spiro atoms. The van der Waals surface area contributed by atoms with Gasteiger partial charge in [0.2, 0.25) is 0 Å². The van der Waals surface area contributed by atoms with E-state index in [4.69, 9.17) is 5.11 Å². The Kier molecular flexibility index (Phi) is 7.14. The van der Waals surface area contributed by atoms with E-state index in [-0.39, 0.29) is 19.4 Å². The van der Waals surface area contributed by atoms with Crippen molar-refractivity contribution in [1.82, 2.24) is 10.6 Å². The second kappa shape index (κ2) is 7.78. The molecule has 18 heavy (non-hydrogen) atoms. The van der Waals surface area contributed by atoms with Gasteiger partial charge in [-0.1, -0.05) is 6.92 Å². The molecule has 5 nitrogen and oxygen atoms in total. The molecule has 0 saturated carbocycles. The molecule has 106 valence electrons. The molecule has 0 aliphatic rings. The summed E-state index contributed by atoms with van der Waals surface area (Å²) in [6, 6.07) is -1.17. The van der Waals surface area contributed by atoms with Crippen molar-refractivity contribution >= 4 is 12.0 Å². The van der Waals surface area contributed by atoms with Crippen LogP contribution >= 0.6 is 0 Å². The second-order valence-corrected chi connectivity index (χ2v) is 3.82. The maximum absolute atomic E-state index is 11.8. The molecule has 0 fully saturated rings. The lowest BCUT2D eigenvalue weighted by molar-refractivity contribution is -0.137. The normalized spacial score (nSPS) is 12.9. The third kappa shape index (κ3) is 9.73. The quantitative estimate of drug-likeness (QED) is 0.618. The van der Waals surface area contributed by atoms with E-state index in [9.17, 15) is 22.8 Å². The minimum atomic E-state index is -4.23. The molecule has 0 radical (unpaired) electrons. The van der Waals surface area contributed by atoms with E-state index < -0.39 is 30.6 Å². The summed E-state index contributed by atoms with van der Waals surface area (Å²) >= 11 is 0. The number of carboxylic acid groups (broad SMARTS) is 1. The van der Waals surface area contributed by atoms with Gasteiger partial charge in [0.1, 0.15) is 0 Å². The Balaban J connectivity index is 3.79. The van der Waals surface area contributed by atoms with Crippen molar-refractivity contribution in [3.8, 4) is 0 Å². The number of nitrogens with one attached hydrogen (secondary N) is 2. The van der Waals surface area contributed by atoms with E-state index in [1.165, 1.54) is 0 Å². The Morgan fingerprint density at radius 2 is 1.94 bits per heavy atom. The zero-order valence-corrected chi connectivity index (χ0v) is 10.0. The fourth-order valence-corrected chi connectivity index (χ4v) is 1.24. The Bertz CT molecular complexity index is 282. The fraction of sp³-hybridized carbons (Fsp3) is 0.800. The van der Waals surface area contributed by atoms with Crippen LogP contribution in [0.25, 0.3) is 0 Å². The maximum Gasteiger partial charge on any atom is 0.389 e. The molecule has 0 aliphatic heterocycles. The minimum Gasteiger partial charge on any atom is -0.481 e. The Labute approximate surface area is 103 Å². The highest BCUT2D eigenvalue weighted by Crippen LogP contribution is 2.20. The van der Waals surface area contributed by atoms with Crippen LogP contribution in [0.2, 0.25) is 0 Å². The van der Waals surface area contributed by atoms with Crippen molar-refractivity contribution in [2.24, 2.45) is 0 Å². The fourth-order valence-electron chi connectivity index (χ4n) is 1.24. The highest BCUT2D eigenvalue weighted by atomic mass is 19.4. The van der Waals surface area contributed by atoms with Crippen LogP contribution in [-0.4, -0.2) is 35.9 Å². The SMILES string of the molecule is CCC(CC(=O)O)NC(=O)NCCCC(F)(F)F. The molecule has 0 aromatic heterocycles. The van der Waals surface area contributed by atoms with Crippen molar-refractivity contribution in [2.45, 2.75) is 44.8 Å². The molecule has 0 saturated heterocycles. The lowest BCUT2D eigenvalue weighted by Gasteiger charge is -2.15. The highest BCUT2D eigenvalue weighted by molar-refractivity contribution is 5.75. The topological polar surface area (TPSA) is 78.4 Å². The first-order valence-corrected chi connectivity index (χ1v) is 5.57. The van der Waals surface area contributed by atoms with Gasteiger partial charge in [-0.05, 0) is 12.8 Å². The van der Waals surface area contributed by atoms with Gasteiger partial charge < -0.3 is 15.7 Å². The van der Waals surface area contributed by atoms with Gasteiger partial charge in [0, 0.05) is 19.0 Å². The smallest absolute Gasteiger partial charge is 0.389 e. The largest absolute Gasteiger partial charge is 0.481 e. The number of halogens is 3. The van der Waals surface area contributed by atoms with E-state index in [1.807, 2.05) is 0 Å². The summed E-state index contributed by atoms with van der Waals surface area (Å²) in [5.74, 6) is -1.04. The lowest BCUT2D eigenvalue weighted by Crippen LogP contribution is -2.43. The highest BCUT2D eigenvalue weighted by Gasteiger charge is 2.26. The number of aliphatic carboxylic acids is 1. The van der Waals surface area contributed by atoms with E-state index in [0.717, 1.165) is 0 Å². The van der Waals surface area contributed by atoms with Gasteiger partial charge in [-0.15, -0.1) is 0 Å². The Morgan fingerprint density at radius 3 is 2.39 bits per heavy atom. The van der Waals surface area contributed by atoms with Crippen molar-refractivity contribution < 1.29 is 27.9 Å². The number of carbonyl (C=O) groups is 2. The molecule has 8 heteroatoms. The Hall–Kier alpha value is -1.47.